The topological polar surface area (TPSA) is 73.8 Å². The molecule has 0 spiro atoms. The minimum Gasteiger partial charge on any atom is -0.367 e. The second-order valence-electron chi connectivity index (χ2n) is 8.79. The molecule has 0 saturated carbocycles. The predicted molar refractivity (Wildman–Crippen MR) is 136 cm³/mol. The summed E-state index contributed by atoms with van der Waals surface area (Å²) in [5.41, 5.74) is 2.13. The van der Waals surface area contributed by atoms with Gasteiger partial charge in [-0.2, -0.15) is 4.31 Å². The molecule has 0 bridgehead atoms. The van der Waals surface area contributed by atoms with Crippen LogP contribution in [0.1, 0.15) is 12.8 Å². The van der Waals surface area contributed by atoms with Crippen LogP contribution in [0.3, 0.4) is 0 Å². The second kappa shape index (κ2) is 9.64. The number of hydrogen-bond donors (Lipinski definition) is 0. The zero-order valence-electron chi connectivity index (χ0n) is 18.8. The molecular formula is C25H27BrN4O3S. The molecule has 34 heavy (non-hydrogen) atoms. The van der Waals surface area contributed by atoms with Crippen molar-refractivity contribution in [1.29, 1.82) is 0 Å². The van der Waals surface area contributed by atoms with Gasteiger partial charge in [0.2, 0.25) is 15.9 Å². The van der Waals surface area contributed by atoms with Crippen LogP contribution in [0.4, 0.5) is 5.69 Å². The molecule has 2 fully saturated rings. The average molecular weight is 543 g/mol. The van der Waals surface area contributed by atoms with Gasteiger partial charge in [-0.05, 0) is 49.2 Å². The van der Waals surface area contributed by atoms with E-state index < -0.39 is 10.0 Å². The van der Waals surface area contributed by atoms with Gasteiger partial charge >= 0.3 is 0 Å². The highest BCUT2D eigenvalue weighted by Crippen LogP contribution is 2.28. The van der Waals surface area contributed by atoms with Gasteiger partial charge in [0.1, 0.15) is 0 Å². The number of carbonyl (C=O) groups excluding carboxylic acids is 1. The summed E-state index contributed by atoms with van der Waals surface area (Å²) in [5, 5.41) is 1.13. The average Bonchev–Trinajstić information content (AvgIpc) is 2.88. The molecule has 0 unspecified atom stereocenters. The molecular weight excluding hydrogens is 516 g/mol. The number of aromatic nitrogens is 1. The molecule has 0 aliphatic carbocycles. The molecule has 2 aliphatic rings. The van der Waals surface area contributed by atoms with Crippen molar-refractivity contribution in [3.05, 3.63) is 65.3 Å². The Morgan fingerprint density at radius 3 is 2.26 bits per heavy atom. The van der Waals surface area contributed by atoms with Crippen molar-refractivity contribution >= 4 is 48.5 Å². The van der Waals surface area contributed by atoms with E-state index in [1.807, 2.05) is 35.4 Å². The minimum atomic E-state index is -3.53. The Hall–Kier alpha value is -2.49. The van der Waals surface area contributed by atoms with Crippen LogP contribution in [0.25, 0.3) is 10.9 Å². The highest BCUT2D eigenvalue weighted by Gasteiger charge is 2.34. The first kappa shape index (κ1) is 23.3. The van der Waals surface area contributed by atoms with Crippen molar-refractivity contribution in [2.24, 2.45) is 5.92 Å². The van der Waals surface area contributed by atoms with E-state index in [4.69, 9.17) is 0 Å². The maximum Gasteiger partial charge on any atom is 0.243 e. The number of carbonyl (C=O) groups is 1. The molecule has 7 nitrogen and oxygen atoms in total. The Labute approximate surface area is 208 Å². The maximum atomic E-state index is 13.2. The van der Waals surface area contributed by atoms with Gasteiger partial charge in [0.15, 0.2) is 0 Å². The fourth-order valence-corrected chi connectivity index (χ4v) is 6.62. The van der Waals surface area contributed by atoms with Crippen LogP contribution >= 0.6 is 15.9 Å². The SMILES string of the molecule is O=C(C1CCN(S(=O)(=O)c2ccc(Br)cc2)CC1)N1CCN(c2ccnc3ccccc23)CC1. The number of pyridine rings is 1. The normalized spacial score (nSPS) is 18.4. The van der Waals surface area contributed by atoms with Gasteiger partial charge in [0, 0.05) is 66.9 Å². The van der Waals surface area contributed by atoms with E-state index in [9.17, 15) is 13.2 Å². The monoisotopic (exact) mass is 542 g/mol. The van der Waals surface area contributed by atoms with Crippen LogP contribution in [0, 0.1) is 5.92 Å². The lowest BCUT2D eigenvalue weighted by atomic mass is 9.96. The molecule has 2 aromatic carbocycles. The van der Waals surface area contributed by atoms with Crippen LogP contribution in [0.2, 0.25) is 0 Å². The lowest BCUT2D eigenvalue weighted by Gasteiger charge is -2.39. The molecule has 2 aliphatic heterocycles. The van der Waals surface area contributed by atoms with Crippen molar-refractivity contribution in [3.8, 4) is 0 Å². The molecule has 1 aromatic heterocycles. The van der Waals surface area contributed by atoms with E-state index in [-0.39, 0.29) is 11.8 Å². The van der Waals surface area contributed by atoms with Gasteiger partial charge in [-0.3, -0.25) is 9.78 Å². The summed E-state index contributed by atoms with van der Waals surface area (Å²) in [6, 6.07) is 16.9. The predicted octanol–water partition coefficient (Wildman–Crippen LogP) is 3.75. The van der Waals surface area contributed by atoms with Crippen LogP contribution in [0.5, 0.6) is 0 Å². The molecule has 2 saturated heterocycles. The lowest BCUT2D eigenvalue weighted by molar-refractivity contribution is -0.137. The minimum absolute atomic E-state index is 0.121. The second-order valence-corrected chi connectivity index (χ2v) is 11.6. The number of halogens is 1. The van der Waals surface area contributed by atoms with Crippen molar-refractivity contribution in [2.45, 2.75) is 17.7 Å². The number of piperazine rings is 1. The number of nitrogens with zero attached hydrogens (tertiary/aromatic N) is 4. The number of rotatable bonds is 4. The first-order valence-electron chi connectivity index (χ1n) is 11.6. The summed E-state index contributed by atoms with van der Waals surface area (Å²) >= 11 is 3.34. The summed E-state index contributed by atoms with van der Waals surface area (Å²) in [6.45, 7) is 3.64. The van der Waals surface area contributed by atoms with Crippen LogP contribution in [0.15, 0.2) is 70.2 Å². The van der Waals surface area contributed by atoms with Crippen molar-refractivity contribution < 1.29 is 13.2 Å². The third kappa shape index (κ3) is 4.56. The highest BCUT2D eigenvalue weighted by atomic mass is 79.9. The van der Waals surface area contributed by atoms with Gasteiger partial charge in [-0.1, -0.05) is 34.1 Å². The Morgan fingerprint density at radius 1 is 0.882 bits per heavy atom. The Balaban J connectivity index is 1.18. The summed E-state index contributed by atoms with van der Waals surface area (Å²) < 4.78 is 28.2. The van der Waals surface area contributed by atoms with Crippen molar-refractivity contribution in [3.63, 3.8) is 0 Å². The smallest absolute Gasteiger partial charge is 0.243 e. The number of anilines is 1. The van der Waals surface area contributed by atoms with E-state index in [2.05, 4.69) is 31.9 Å². The van der Waals surface area contributed by atoms with E-state index in [1.54, 1.807) is 24.3 Å². The molecule has 3 heterocycles. The Bertz CT molecular complexity index is 1280. The number of amides is 1. The number of fused-ring (bicyclic) bond motifs is 1. The van der Waals surface area contributed by atoms with Gasteiger partial charge in [-0.25, -0.2) is 8.42 Å². The first-order valence-corrected chi connectivity index (χ1v) is 13.8. The fraction of sp³-hybridized carbons (Fsp3) is 0.360. The molecule has 0 N–H and O–H groups in total. The summed E-state index contributed by atoms with van der Waals surface area (Å²) in [6.07, 6.45) is 2.96. The van der Waals surface area contributed by atoms with Gasteiger partial charge in [0.25, 0.3) is 0 Å². The van der Waals surface area contributed by atoms with E-state index >= 15 is 0 Å². The largest absolute Gasteiger partial charge is 0.367 e. The van der Waals surface area contributed by atoms with E-state index in [1.165, 1.54) is 4.31 Å². The Morgan fingerprint density at radius 2 is 1.56 bits per heavy atom. The van der Waals surface area contributed by atoms with E-state index in [0.29, 0.717) is 43.9 Å². The zero-order valence-corrected chi connectivity index (χ0v) is 21.2. The number of benzene rings is 2. The molecule has 1 amide bonds. The summed E-state index contributed by atoms with van der Waals surface area (Å²) in [5.74, 6) is 0.0320. The van der Waals surface area contributed by atoms with Crippen molar-refractivity contribution in [1.82, 2.24) is 14.2 Å². The molecule has 178 valence electrons. The molecule has 0 radical (unpaired) electrons. The molecule has 5 rings (SSSR count). The zero-order chi connectivity index (χ0) is 23.7. The third-order valence-electron chi connectivity index (χ3n) is 6.81. The van der Waals surface area contributed by atoms with Crippen LogP contribution < -0.4 is 4.90 Å². The quantitative estimate of drug-likeness (QED) is 0.502. The summed E-state index contributed by atoms with van der Waals surface area (Å²) in [4.78, 5) is 22.2. The van der Waals surface area contributed by atoms with Crippen LogP contribution in [-0.2, 0) is 14.8 Å². The number of para-hydroxylation sites is 1. The molecule has 9 heteroatoms. The van der Waals surface area contributed by atoms with E-state index in [0.717, 1.165) is 34.2 Å². The highest BCUT2D eigenvalue weighted by molar-refractivity contribution is 9.10. The first-order chi connectivity index (χ1) is 16.4. The third-order valence-corrected chi connectivity index (χ3v) is 9.25. The summed E-state index contributed by atoms with van der Waals surface area (Å²) in [7, 11) is -3.53. The van der Waals surface area contributed by atoms with Gasteiger partial charge < -0.3 is 9.80 Å². The lowest BCUT2D eigenvalue weighted by Crippen LogP contribution is -2.52. The number of piperidine rings is 1. The van der Waals surface area contributed by atoms with Crippen molar-refractivity contribution in [2.75, 3.05) is 44.2 Å². The number of sulfonamides is 1. The molecule has 0 atom stereocenters. The maximum absolute atomic E-state index is 13.2. The van der Waals surface area contributed by atoms with Gasteiger partial charge in [0.05, 0.1) is 10.4 Å². The van der Waals surface area contributed by atoms with Gasteiger partial charge in [-0.15, -0.1) is 0 Å². The Kier molecular flexibility index (Phi) is 6.59. The standard InChI is InChI=1S/C25H27BrN4O3S/c26-20-5-7-21(8-6-20)34(32,33)30-13-10-19(11-14-30)25(31)29-17-15-28(16-18-29)24-9-12-27-23-4-2-1-3-22(23)24/h1-9,12,19H,10-11,13-18H2. The molecule has 3 aromatic rings. The fourth-order valence-electron chi connectivity index (χ4n) is 4.88. The van der Waals surface area contributed by atoms with Crippen LogP contribution in [-0.4, -0.2) is 67.8 Å². The number of hydrogen-bond acceptors (Lipinski definition) is 5.